The highest BCUT2D eigenvalue weighted by Gasteiger charge is 2.13. The highest BCUT2D eigenvalue weighted by atomic mass is 79.9. The van der Waals surface area contributed by atoms with Crippen molar-refractivity contribution in [2.24, 2.45) is 0 Å². The summed E-state index contributed by atoms with van der Waals surface area (Å²) in [5.74, 6) is 2.45. The van der Waals surface area contributed by atoms with Gasteiger partial charge in [-0.15, -0.1) is 23.7 Å². The Morgan fingerprint density at radius 3 is 2.58 bits per heavy atom. The van der Waals surface area contributed by atoms with Crippen LogP contribution in [0.3, 0.4) is 0 Å². The first kappa shape index (κ1) is 19.0. The Kier molecular flexibility index (Phi) is 6.90. The largest absolute Gasteiger partial charge is 0.339 e. The van der Waals surface area contributed by atoms with Crippen LogP contribution in [0.1, 0.15) is 24.5 Å². The molecule has 0 saturated carbocycles. The van der Waals surface area contributed by atoms with E-state index in [4.69, 9.17) is 9.05 Å². The summed E-state index contributed by atoms with van der Waals surface area (Å²) in [7, 11) is 1.91. The molecule has 10 heteroatoms. The van der Waals surface area contributed by atoms with Gasteiger partial charge in [0.05, 0.1) is 4.88 Å². The summed E-state index contributed by atoms with van der Waals surface area (Å²) in [5, 5.41) is 13.1. The zero-order chi connectivity index (χ0) is 16.2. The molecule has 0 aliphatic heterocycles. The van der Waals surface area contributed by atoms with Crippen LogP contribution in [0.5, 0.6) is 0 Å². The van der Waals surface area contributed by atoms with E-state index in [1.165, 1.54) is 0 Å². The van der Waals surface area contributed by atoms with E-state index in [-0.39, 0.29) is 12.4 Å². The number of halogens is 2. The molecule has 24 heavy (non-hydrogen) atoms. The third-order valence-corrected chi connectivity index (χ3v) is 4.99. The normalized spacial score (nSPS) is 12.1. The fraction of sp³-hybridized carbons (Fsp3) is 0.429. The van der Waals surface area contributed by atoms with E-state index < -0.39 is 0 Å². The Morgan fingerprint density at radius 1 is 1.21 bits per heavy atom. The predicted octanol–water partition coefficient (Wildman–Crippen LogP) is 3.30. The monoisotopic (exact) mass is 433 g/mol. The first-order chi connectivity index (χ1) is 11.1. The number of aromatic nitrogens is 4. The van der Waals surface area contributed by atoms with Crippen molar-refractivity contribution in [3.05, 3.63) is 33.5 Å². The minimum absolute atomic E-state index is 0. The first-order valence-electron chi connectivity index (χ1n) is 7.19. The molecule has 0 amide bonds. The van der Waals surface area contributed by atoms with Crippen molar-refractivity contribution < 1.29 is 9.05 Å². The van der Waals surface area contributed by atoms with E-state index in [1.807, 2.05) is 18.5 Å². The number of nitrogens with one attached hydrogen (secondary N) is 1. The lowest BCUT2D eigenvalue weighted by Crippen LogP contribution is -2.24. The van der Waals surface area contributed by atoms with Crippen molar-refractivity contribution in [1.29, 1.82) is 0 Å². The van der Waals surface area contributed by atoms with E-state index in [9.17, 15) is 0 Å². The zero-order valence-corrected chi connectivity index (χ0v) is 16.4. The van der Waals surface area contributed by atoms with Crippen molar-refractivity contribution in [2.45, 2.75) is 32.2 Å². The van der Waals surface area contributed by atoms with Gasteiger partial charge in [0.2, 0.25) is 17.6 Å². The molecule has 0 spiro atoms. The maximum atomic E-state index is 5.27. The number of thiophene rings is 1. The molecule has 7 nitrogen and oxygen atoms in total. The second-order valence-electron chi connectivity index (χ2n) is 5.14. The highest BCUT2D eigenvalue weighted by molar-refractivity contribution is 9.10. The Hall–Kier alpha value is -1.29. The van der Waals surface area contributed by atoms with Crippen LogP contribution in [0.25, 0.3) is 10.7 Å². The number of aryl methyl sites for hydroxylation is 2. The van der Waals surface area contributed by atoms with Gasteiger partial charge in [-0.1, -0.05) is 10.3 Å². The molecule has 0 saturated heterocycles. The molecule has 0 aromatic carbocycles. The van der Waals surface area contributed by atoms with Crippen LogP contribution < -0.4 is 5.32 Å². The molecule has 3 rings (SSSR count). The van der Waals surface area contributed by atoms with E-state index in [0.717, 1.165) is 15.8 Å². The van der Waals surface area contributed by atoms with Gasteiger partial charge in [-0.25, -0.2) is 0 Å². The van der Waals surface area contributed by atoms with Gasteiger partial charge in [0.1, 0.15) is 0 Å². The van der Waals surface area contributed by atoms with Gasteiger partial charge in [-0.3, -0.25) is 0 Å². The maximum absolute atomic E-state index is 5.27. The van der Waals surface area contributed by atoms with Crippen LogP contribution in [0, 0.1) is 0 Å². The predicted molar refractivity (Wildman–Crippen MR) is 96.5 cm³/mol. The average Bonchev–Trinajstić information content (AvgIpc) is 3.25. The maximum Gasteiger partial charge on any atom is 0.227 e. The molecular weight excluding hydrogens is 418 g/mol. The second kappa shape index (κ2) is 8.70. The molecule has 0 fully saturated rings. The molecule has 1 atom stereocenters. The number of rotatable bonds is 7. The molecule has 0 bridgehead atoms. The van der Waals surface area contributed by atoms with Crippen LogP contribution in [0.2, 0.25) is 0 Å². The fourth-order valence-corrected chi connectivity index (χ4v) is 3.30. The van der Waals surface area contributed by atoms with Crippen molar-refractivity contribution in [2.75, 3.05) is 7.05 Å². The topological polar surface area (TPSA) is 89.9 Å². The fourth-order valence-electron chi connectivity index (χ4n) is 1.95. The lowest BCUT2D eigenvalue weighted by atomic mass is 10.2. The summed E-state index contributed by atoms with van der Waals surface area (Å²) in [6, 6.07) is 2.27. The molecule has 1 N–H and O–H groups in total. The quantitative estimate of drug-likeness (QED) is 0.610. The van der Waals surface area contributed by atoms with Gasteiger partial charge in [0.25, 0.3) is 0 Å². The Balaban J connectivity index is 0.00000208. The third kappa shape index (κ3) is 4.85. The van der Waals surface area contributed by atoms with Gasteiger partial charge in [-0.2, -0.15) is 9.97 Å². The first-order valence-corrected chi connectivity index (χ1v) is 8.87. The molecule has 130 valence electrons. The van der Waals surface area contributed by atoms with Gasteiger partial charge in [0.15, 0.2) is 5.82 Å². The summed E-state index contributed by atoms with van der Waals surface area (Å²) < 4.78 is 11.5. The Bertz CT molecular complexity index is 775. The van der Waals surface area contributed by atoms with Crippen molar-refractivity contribution >= 4 is 39.7 Å². The Morgan fingerprint density at radius 2 is 1.92 bits per heavy atom. The van der Waals surface area contributed by atoms with Crippen LogP contribution >= 0.6 is 39.7 Å². The minimum Gasteiger partial charge on any atom is -0.339 e. The third-order valence-electron chi connectivity index (χ3n) is 3.30. The number of likely N-dealkylation sites (N-methyl/N-ethyl adjacent to an activating group) is 1. The van der Waals surface area contributed by atoms with Gasteiger partial charge in [0, 0.05) is 35.2 Å². The lowest BCUT2D eigenvalue weighted by molar-refractivity contribution is 0.351. The SMILES string of the molecule is CNC(C)Cc1noc(CCc2nc(-c3cc(Br)cs3)no2)n1.Cl. The van der Waals surface area contributed by atoms with E-state index in [1.54, 1.807) is 11.3 Å². The number of nitrogens with zero attached hydrogens (tertiary/aromatic N) is 4. The standard InChI is InChI=1S/C14H16BrN5O2S.ClH/c1-8(16-2)5-11-17-12(21-19-11)3-4-13-18-14(20-22-13)10-6-9(15)7-23-10;/h6-8,16H,3-5H2,1-2H3;1H. The molecular formula is C14H17BrClN5O2S. The van der Waals surface area contributed by atoms with Crippen LogP contribution in [0.15, 0.2) is 25.0 Å². The van der Waals surface area contributed by atoms with Crippen molar-refractivity contribution in [3.8, 4) is 10.7 Å². The van der Waals surface area contributed by atoms with Crippen molar-refractivity contribution in [3.63, 3.8) is 0 Å². The Labute approximate surface area is 157 Å². The minimum atomic E-state index is 0. The van der Waals surface area contributed by atoms with E-state index >= 15 is 0 Å². The van der Waals surface area contributed by atoms with E-state index in [2.05, 4.69) is 48.5 Å². The lowest BCUT2D eigenvalue weighted by Gasteiger charge is -2.04. The van der Waals surface area contributed by atoms with Crippen molar-refractivity contribution in [1.82, 2.24) is 25.6 Å². The summed E-state index contributed by atoms with van der Waals surface area (Å²) in [4.78, 5) is 9.72. The van der Waals surface area contributed by atoms with Crippen LogP contribution in [-0.2, 0) is 19.3 Å². The molecule has 0 radical (unpaired) electrons. The molecule has 1 unspecified atom stereocenters. The molecule has 3 aromatic rings. The van der Waals surface area contributed by atoms with Gasteiger partial charge >= 0.3 is 0 Å². The van der Waals surface area contributed by atoms with Gasteiger partial charge in [-0.05, 0) is 36.0 Å². The smallest absolute Gasteiger partial charge is 0.227 e. The number of hydrogen-bond acceptors (Lipinski definition) is 8. The average molecular weight is 435 g/mol. The summed E-state index contributed by atoms with van der Waals surface area (Å²) in [6.45, 7) is 2.07. The summed E-state index contributed by atoms with van der Waals surface area (Å²) in [6.07, 6.45) is 1.89. The van der Waals surface area contributed by atoms with Gasteiger partial charge < -0.3 is 14.4 Å². The number of hydrogen-bond donors (Lipinski definition) is 1. The highest BCUT2D eigenvalue weighted by Crippen LogP contribution is 2.27. The summed E-state index contributed by atoms with van der Waals surface area (Å²) in [5.41, 5.74) is 0. The molecule has 3 heterocycles. The molecule has 0 aliphatic rings. The van der Waals surface area contributed by atoms with Crippen LogP contribution in [-0.4, -0.2) is 33.4 Å². The molecule has 3 aromatic heterocycles. The summed E-state index contributed by atoms with van der Waals surface area (Å²) >= 11 is 4.98. The molecule has 0 aliphatic carbocycles. The van der Waals surface area contributed by atoms with E-state index in [0.29, 0.717) is 42.3 Å². The van der Waals surface area contributed by atoms with Crippen LogP contribution in [0.4, 0.5) is 0 Å². The zero-order valence-electron chi connectivity index (χ0n) is 13.2. The second-order valence-corrected chi connectivity index (χ2v) is 6.97.